The lowest BCUT2D eigenvalue weighted by Crippen LogP contribution is -2.49. The topological polar surface area (TPSA) is 64.0 Å². The van der Waals surface area contributed by atoms with E-state index in [0.29, 0.717) is 47.5 Å². The van der Waals surface area contributed by atoms with Gasteiger partial charge in [-0.05, 0) is 32.0 Å². The molecule has 152 valence electrons. The van der Waals surface area contributed by atoms with E-state index >= 15 is 0 Å². The lowest BCUT2D eigenvalue weighted by Gasteiger charge is -2.34. The molecule has 1 amide bonds. The molecule has 7 nitrogen and oxygen atoms in total. The average molecular weight is 387 g/mol. The van der Waals surface area contributed by atoms with Crippen LogP contribution in [0.5, 0.6) is 11.5 Å². The lowest BCUT2D eigenvalue weighted by molar-refractivity contribution is 0.0638. The van der Waals surface area contributed by atoms with Crippen LogP contribution in [0.2, 0.25) is 0 Å². The first-order chi connectivity index (χ1) is 13.5. The Morgan fingerprint density at radius 1 is 1.00 bits per heavy atom. The average Bonchev–Trinajstić information content (AvgIpc) is 2.73. The molecule has 0 atom stereocenters. The number of carbonyl (C=O) groups excluding carboxylic acids is 1. The van der Waals surface area contributed by atoms with Crippen LogP contribution in [0.1, 0.15) is 30.6 Å². The lowest BCUT2D eigenvalue weighted by atomic mass is 10.0. The molecule has 1 aromatic heterocycles. The quantitative estimate of drug-likeness (QED) is 0.760. The predicted molar refractivity (Wildman–Crippen MR) is 110 cm³/mol. The summed E-state index contributed by atoms with van der Waals surface area (Å²) in [4.78, 5) is 30.4. The van der Waals surface area contributed by atoms with Gasteiger partial charge in [-0.2, -0.15) is 0 Å². The number of benzene rings is 1. The van der Waals surface area contributed by atoms with Crippen LogP contribution in [0.25, 0.3) is 10.8 Å². The van der Waals surface area contributed by atoms with Crippen LogP contribution in [-0.2, 0) is 6.54 Å². The number of piperazine rings is 1. The van der Waals surface area contributed by atoms with Crippen LogP contribution in [0.3, 0.4) is 0 Å². The number of nitrogens with zero attached hydrogens (tertiary/aromatic N) is 3. The van der Waals surface area contributed by atoms with E-state index in [1.54, 1.807) is 30.0 Å². The highest BCUT2D eigenvalue weighted by Crippen LogP contribution is 2.32. The van der Waals surface area contributed by atoms with Gasteiger partial charge in [-0.1, -0.05) is 6.92 Å². The highest BCUT2D eigenvalue weighted by Gasteiger charge is 2.25. The van der Waals surface area contributed by atoms with Crippen molar-refractivity contribution in [1.29, 1.82) is 0 Å². The van der Waals surface area contributed by atoms with E-state index in [2.05, 4.69) is 11.8 Å². The van der Waals surface area contributed by atoms with Crippen molar-refractivity contribution in [2.45, 2.75) is 26.8 Å². The first kappa shape index (κ1) is 20.2. The molecule has 0 aliphatic carbocycles. The van der Waals surface area contributed by atoms with Crippen molar-refractivity contribution in [2.24, 2.45) is 0 Å². The molecule has 0 saturated carbocycles. The van der Waals surface area contributed by atoms with E-state index in [1.165, 1.54) is 7.11 Å². The standard InChI is InChI=1S/C21H29N3O4/c1-5-7-22-8-10-24(11-9-22)21(26)17-14-23(6-2)20(25)16-13-19(28-4)18(27-3)12-15(16)17/h12-14H,5-11H2,1-4H3. The van der Waals surface area contributed by atoms with Gasteiger partial charge in [0.05, 0.1) is 25.2 Å². The minimum atomic E-state index is -0.136. The monoisotopic (exact) mass is 387 g/mol. The van der Waals surface area contributed by atoms with Gasteiger partial charge < -0.3 is 18.9 Å². The fraction of sp³-hybridized carbons (Fsp3) is 0.524. The number of ether oxygens (including phenoxy) is 2. The second-order valence-corrected chi connectivity index (χ2v) is 7.02. The summed E-state index contributed by atoms with van der Waals surface area (Å²) in [5.41, 5.74) is 0.393. The Labute approximate surface area is 165 Å². The van der Waals surface area contributed by atoms with E-state index in [4.69, 9.17) is 9.47 Å². The Balaban J connectivity index is 2.05. The first-order valence-electron chi connectivity index (χ1n) is 9.84. The smallest absolute Gasteiger partial charge is 0.258 e. The van der Waals surface area contributed by atoms with E-state index in [-0.39, 0.29) is 11.5 Å². The molecule has 0 N–H and O–H groups in total. The summed E-state index contributed by atoms with van der Waals surface area (Å²) in [7, 11) is 3.08. The summed E-state index contributed by atoms with van der Waals surface area (Å²) >= 11 is 0. The Bertz CT molecular complexity index is 914. The molecule has 7 heteroatoms. The third kappa shape index (κ3) is 3.71. The van der Waals surface area contributed by atoms with Gasteiger partial charge in [0.25, 0.3) is 11.5 Å². The molecule has 0 bridgehead atoms. The number of amides is 1. The molecule has 1 fully saturated rings. The Morgan fingerprint density at radius 3 is 2.14 bits per heavy atom. The summed E-state index contributed by atoms with van der Waals surface area (Å²) in [6.45, 7) is 8.75. The third-order valence-electron chi connectivity index (χ3n) is 5.36. The van der Waals surface area contributed by atoms with Gasteiger partial charge in [0.1, 0.15) is 0 Å². The molecule has 28 heavy (non-hydrogen) atoms. The maximum atomic E-state index is 13.3. The van der Waals surface area contributed by atoms with E-state index in [0.717, 1.165) is 26.1 Å². The number of aryl methyl sites for hydroxylation is 1. The van der Waals surface area contributed by atoms with Crippen LogP contribution in [0.15, 0.2) is 23.1 Å². The molecule has 1 aliphatic rings. The molecule has 1 saturated heterocycles. The zero-order chi connectivity index (χ0) is 20.3. The molecule has 2 heterocycles. The zero-order valence-corrected chi connectivity index (χ0v) is 17.2. The molecule has 2 aromatic rings. The van der Waals surface area contributed by atoms with Gasteiger partial charge in [-0.25, -0.2) is 0 Å². The fourth-order valence-corrected chi connectivity index (χ4v) is 3.78. The summed E-state index contributed by atoms with van der Waals surface area (Å²) in [6, 6.07) is 3.40. The van der Waals surface area contributed by atoms with Crippen molar-refractivity contribution >= 4 is 16.7 Å². The van der Waals surface area contributed by atoms with E-state index in [9.17, 15) is 9.59 Å². The second kappa shape index (κ2) is 8.65. The van der Waals surface area contributed by atoms with Crippen molar-refractivity contribution in [3.63, 3.8) is 0 Å². The normalized spacial score (nSPS) is 15.1. The van der Waals surface area contributed by atoms with Crippen LogP contribution in [-0.4, -0.2) is 67.2 Å². The maximum Gasteiger partial charge on any atom is 0.258 e. The van der Waals surface area contributed by atoms with Crippen LogP contribution < -0.4 is 15.0 Å². The molecule has 1 aliphatic heterocycles. The maximum absolute atomic E-state index is 13.3. The summed E-state index contributed by atoms with van der Waals surface area (Å²) < 4.78 is 12.3. The molecular formula is C21H29N3O4. The number of hydrogen-bond acceptors (Lipinski definition) is 5. The largest absolute Gasteiger partial charge is 0.493 e. The van der Waals surface area contributed by atoms with E-state index in [1.807, 2.05) is 11.8 Å². The Morgan fingerprint density at radius 2 is 1.61 bits per heavy atom. The van der Waals surface area contributed by atoms with Gasteiger partial charge in [0.2, 0.25) is 0 Å². The second-order valence-electron chi connectivity index (χ2n) is 7.02. The number of pyridine rings is 1. The number of hydrogen-bond donors (Lipinski definition) is 0. The highest BCUT2D eigenvalue weighted by atomic mass is 16.5. The van der Waals surface area contributed by atoms with Gasteiger partial charge in [0.15, 0.2) is 11.5 Å². The number of rotatable bonds is 6. The molecule has 0 unspecified atom stereocenters. The Kier molecular flexibility index (Phi) is 6.24. The van der Waals surface area contributed by atoms with Crippen LogP contribution >= 0.6 is 0 Å². The predicted octanol–water partition coefficient (Wildman–Crippen LogP) is 2.21. The van der Waals surface area contributed by atoms with Crippen molar-refractivity contribution in [1.82, 2.24) is 14.4 Å². The number of methoxy groups -OCH3 is 2. The molecule has 3 rings (SSSR count). The first-order valence-corrected chi connectivity index (χ1v) is 9.84. The minimum absolute atomic E-state index is 0.0458. The van der Waals surface area contributed by atoms with Crippen LogP contribution in [0, 0.1) is 0 Å². The molecule has 1 aromatic carbocycles. The Hall–Kier alpha value is -2.54. The summed E-state index contributed by atoms with van der Waals surface area (Å²) in [5, 5.41) is 1.07. The minimum Gasteiger partial charge on any atom is -0.493 e. The van der Waals surface area contributed by atoms with Gasteiger partial charge in [-0.15, -0.1) is 0 Å². The highest BCUT2D eigenvalue weighted by molar-refractivity contribution is 6.07. The number of fused-ring (bicyclic) bond motifs is 1. The molecule has 0 spiro atoms. The number of aromatic nitrogens is 1. The third-order valence-corrected chi connectivity index (χ3v) is 5.36. The van der Waals surface area contributed by atoms with Gasteiger partial charge >= 0.3 is 0 Å². The summed E-state index contributed by atoms with van der Waals surface area (Å²) in [6.07, 6.45) is 2.79. The van der Waals surface area contributed by atoms with E-state index < -0.39 is 0 Å². The van der Waals surface area contributed by atoms with Crippen molar-refractivity contribution < 1.29 is 14.3 Å². The molecular weight excluding hydrogens is 358 g/mol. The van der Waals surface area contributed by atoms with Gasteiger partial charge in [-0.3, -0.25) is 14.5 Å². The van der Waals surface area contributed by atoms with Crippen LogP contribution in [0.4, 0.5) is 0 Å². The van der Waals surface area contributed by atoms with Crippen molar-refractivity contribution in [3.05, 3.63) is 34.2 Å². The fourth-order valence-electron chi connectivity index (χ4n) is 3.78. The van der Waals surface area contributed by atoms with Crippen molar-refractivity contribution in [2.75, 3.05) is 46.9 Å². The summed E-state index contributed by atoms with van der Waals surface area (Å²) in [5.74, 6) is 0.938. The van der Waals surface area contributed by atoms with Gasteiger partial charge in [0, 0.05) is 44.3 Å². The zero-order valence-electron chi connectivity index (χ0n) is 17.2. The van der Waals surface area contributed by atoms with Crippen molar-refractivity contribution in [3.8, 4) is 11.5 Å². The number of carbonyl (C=O) groups is 1. The SMILES string of the molecule is CCCN1CCN(C(=O)c2cn(CC)c(=O)c3cc(OC)c(OC)cc23)CC1. The molecule has 0 radical (unpaired) electrons.